The van der Waals surface area contributed by atoms with E-state index in [0.717, 1.165) is 17.1 Å². The minimum Gasteiger partial charge on any atom is -0.395 e. The molecule has 0 spiro atoms. The molecular formula is C24H22N4OS. The molecule has 0 aliphatic carbocycles. The Morgan fingerprint density at radius 2 is 1.80 bits per heavy atom. The first-order valence-electron chi connectivity index (χ1n) is 10.0. The second kappa shape index (κ2) is 7.89. The molecule has 2 N–H and O–H groups in total. The van der Waals surface area contributed by atoms with Gasteiger partial charge < -0.3 is 19.9 Å². The molecule has 0 radical (unpaired) electrons. The van der Waals surface area contributed by atoms with Gasteiger partial charge in [0.05, 0.1) is 24.4 Å². The Hall–Kier alpha value is -3.22. The summed E-state index contributed by atoms with van der Waals surface area (Å²) < 4.78 is 2.20. The number of aromatic nitrogens is 2. The van der Waals surface area contributed by atoms with E-state index in [2.05, 4.69) is 80.6 Å². The van der Waals surface area contributed by atoms with Crippen LogP contribution >= 0.6 is 12.2 Å². The molecule has 3 heterocycles. The summed E-state index contributed by atoms with van der Waals surface area (Å²) in [6.45, 7) is 0.493. The van der Waals surface area contributed by atoms with Crippen molar-refractivity contribution in [2.45, 2.75) is 12.1 Å². The molecule has 4 aromatic rings. The third-order valence-electron chi connectivity index (χ3n) is 5.63. The zero-order valence-corrected chi connectivity index (χ0v) is 17.2. The maximum absolute atomic E-state index is 9.67. The Bertz CT molecular complexity index is 1190. The normalized spacial score (nSPS) is 18.7. The first kappa shape index (κ1) is 18.8. The van der Waals surface area contributed by atoms with Gasteiger partial charge in [-0.05, 0) is 59.4 Å². The average molecular weight is 415 g/mol. The number of pyridine rings is 1. The molecule has 1 aliphatic heterocycles. The molecule has 0 unspecified atom stereocenters. The van der Waals surface area contributed by atoms with Gasteiger partial charge in [-0.2, -0.15) is 0 Å². The van der Waals surface area contributed by atoms with Crippen LogP contribution in [0.4, 0.5) is 0 Å². The number of nitrogens with zero attached hydrogens (tertiary/aromatic N) is 3. The van der Waals surface area contributed by atoms with Gasteiger partial charge in [-0.15, -0.1) is 0 Å². The molecular weight excluding hydrogens is 392 g/mol. The van der Waals surface area contributed by atoms with E-state index in [4.69, 9.17) is 12.2 Å². The van der Waals surface area contributed by atoms with Crippen molar-refractivity contribution in [1.82, 2.24) is 19.8 Å². The van der Waals surface area contributed by atoms with Crippen molar-refractivity contribution in [2.75, 3.05) is 13.2 Å². The highest BCUT2D eigenvalue weighted by atomic mass is 32.1. The molecule has 1 saturated heterocycles. The molecule has 30 heavy (non-hydrogen) atoms. The lowest BCUT2D eigenvalue weighted by molar-refractivity contribution is 0.220. The second-order valence-electron chi connectivity index (χ2n) is 7.38. The van der Waals surface area contributed by atoms with Crippen LogP contribution in [0.2, 0.25) is 0 Å². The number of benzene rings is 2. The number of thiocarbonyl (C=S) groups is 1. The molecule has 5 nitrogen and oxygen atoms in total. The quantitative estimate of drug-likeness (QED) is 0.484. The lowest BCUT2D eigenvalue weighted by Crippen LogP contribution is -2.32. The standard InChI is InChI=1S/C24H22N4OS/c29-15-14-28-23(22(26-24(28)30)20-8-3-4-12-25-20)21-9-5-13-27(21)19-11-10-17-6-1-2-7-18(17)16-19/h1-13,16,22-23,29H,14-15H2,(H,26,30)/t22-,23-/m1/s1. The Morgan fingerprint density at radius 1 is 0.967 bits per heavy atom. The third kappa shape index (κ3) is 3.24. The van der Waals surface area contributed by atoms with E-state index in [1.54, 1.807) is 6.20 Å². The van der Waals surface area contributed by atoms with Crippen molar-refractivity contribution in [3.05, 3.63) is 96.6 Å². The van der Waals surface area contributed by atoms with E-state index in [1.165, 1.54) is 10.8 Å². The van der Waals surface area contributed by atoms with E-state index in [1.807, 2.05) is 18.2 Å². The first-order valence-corrected chi connectivity index (χ1v) is 10.4. The summed E-state index contributed by atoms with van der Waals surface area (Å²) in [7, 11) is 0. The second-order valence-corrected chi connectivity index (χ2v) is 7.76. The Morgan fingerprint density at radius 3 is 2.60 bits per heavy atom. The average Bonchev–Trinajstić information content (AvgIpc) is 3.39. The summed E-state index contributed by atoms with van der Waals surface area (Å²) in [6.07, 6.45) is 3.88. The summed E-state index contributed by atoms with van der Waals surface area (Å²) in [5.41, 5.74) is 3.12. The fraction of sp³-hybridized carbons (Fsp3) is 0.167. The minimum absolute atomic E-state index is 0.0317. The number of aliphatic hydroxyl groups excluding tert-OH is 1. The number of rotatable bonds is 5. The molecule has 6 heteroatoms. The summed E-state index contributed by atoms with van der Waals surface area (Å²) in [6, 6.07) is 24.8. The van der Waals surface area contributed by atoms with Crippen LogP contribution in [0.1, 0.15) is 23.5 Å². The molecule has 1 fully saturated rings. The predicted octanol–water partition coefficient (Wildman–Crippen LogP) is 3.99. The topological polar surface area (TPSA) is 53.3 Å². The van der Waals surface area contributed by atoms with Crippen molar-refractivity contribution >= 4 is 28.1 Å². The summed E-state index contributed by atoms with van der Waals surface area (Å²) in [4.78, 5) is 6.63. The van der Waals surface area contributed by atoms with E-state index in [9.17, 15) is 5.11 Å². The van der Waals surface area contributed by atoms with Crippen molar-refractivity contribution in [1.29, 1.82) is 0 Å². The lowest BCUT2D eigenvalue weighted by atomic mass is 10.0. The van der Waals surface area contributed by atoms with Crippen molar-refractivity contribution < 1.29 is 5.11 Å². The van der Waals surface area contributed by atoms with Crippen LogP contribution in [0.25, 0.3) is 16.5 Å². The van der Waals surface area contributed by atoms with Gasteiger partial charge >= 0.3 is 0 Å². The maximum atomic E-state index is 9.67. The summed E-state index contributed by atoms with van der Waals surface area (Å²) >= 11 is 5.62. The van der Waals surface area contributed by atoms with E-state index in [-0.39, 0.29) is 18.7 Å². The SMILES string of the molecule is OCCN1C(=S)N[C@H](c2ccccn2)[C@H]1c1cccn1-c1ccc2ccccc2c1. The highest BCUT2D eigenvalue weighted by Gasteiger charge is 2.40. The number of hydrogen-bond acceptors (Lipinski definition) is 3. The number of aliphatic hydroxyl groups is 1. The maximum Gasteiger partial charge on any atom is 0.170 e. The molecule has 5 rings (SSSR count). The van der Waals surface area contributed by atoms with E-state index >= 15 is 0 Å². The van der Waals surface area contributed by atoms with Crippen molar-refractivity contribution in [3.63, 3.8) is 0 Å². The fourth-order valence-corrected chi connectivity index (χ4v) is 4.60. The van der Waals surface area contributed by atoms with Gasteiger partial charge in [0.15, 0.2) is 5.11 Å². The highest BCUT2D eigenvalue weighted by Crippen LogP contribution is 2.39. The summed E-state index contributed by atoms with van der Waals surface area (Å²) in [5, 5.41) is 16.1. The zero-order chi connectivity index (χ0) is 20.5. The van der Waals surface area contributed by atoms with Crippen molar-refractivity contribution in [2.24, 2.45) is 0 Å². The Labute approximate surface area is 180 Å². The molecule has 2 atom stereocenters. The fourth-order valence-electron chi connectivity index (χ4n) is 4.27. The van der Waals surface area contributed by atoms with Crippen LogP contribution in [0.5, 0.6) is 0 Å². The monoisotopic (exact) mass is 414 g/mol. The smallest absolute Gasteiger partial charge is 0.170 e. The lowest BCUT2D eigenvalue weighted by Gasteiger charge is -2.28. The van der Waals surface area contributed by atoms with Gasteiger partial charge in [0, 0.05) is 30.3 Å². The number of fused-ring (bicyclic) bond motifs is 1. The van der Waals surface area contributed by atoms with Crippen LogP contribution in [-0.2, 0) is 0 Å². The molecule has 2 aromatic heterocycles. The molecule has 0 bridgehead atoms. The minimum atomic E-state index is -0.0978. The Kier molecular flexibility index (Phi) is 4.94. The van der Waals surface area contributed by atoms with Gasteiger partial charge in [-0.1, -0.05) is 36.4 Å². The molecule has 0 amide bonds. The van der Waals surface area contributed by atoms with Gasteiger partial charge in [0.25, 0.3) is 0 Å². The van der Waals surface area contributed by atoms with Crippen LogP contribution in [0, 0.1) is 0 Å². The zero-order valence-electron chi connectivity index (χ0n) is 16.3. The third-order valence-corrected chi connectivity index (χ3v) is 5.99. The van der Waals surface area contributed by atoms with E-state index in [0.29, 0.717) is 11.7 Å². The summed E-state index contributed by atoms with van der Waals surface area (Å²) in [5.74, 6) is 0. The molecule has 0 saturated carbocycles. The van der Waals surface area contributed by atoms with Gasteiger partial charge in [0.2, 0.25) is 0 Å². The van der Waals surface area contributed by atoms with Crippen LogP contribution in [0.15, 0.2) is 85.2 Å². The highest BCUT2D eigenvalue weighted by molar-refractivity contribution is 7.80. The predicted molar refractivity (Wildman–Crippen MR) is 123 cm³/mol. The van der Waals surface area contributed by atoms with Gasteiger partial charge in [-0.3, -0.25) is 4.98 Å². The number of nitrogens with one attached hydrogen (secondary N) is 1. The molecule has 1 aliphatic rings. The molecule has 2 aromatic carbocycles. The van der Waals surface area contributed by atoms with Crippen LogP contribution in [-0.4, -0.2) is 37.8 Å². The first-order chi connectivity index (χ1) is 14.8. The largest absolute Gasteiger partial charge is 0.395 e. The van der Waals surface area contributed by atoms with Gasteiger partial charge in [0.1, 0.15) is 0 Å². The van der Waals surface area contributed by atoms with Crippen LogP contribution < -0.4 is 5.32 Å². The van der Waals surface area contributed by atoms with Gasteiger partial charge in [-0.25, -0.2) is 0 Å². The Balaban J connectivity index is 1.62. The van der Waals surface area contributed by atoms with Crippen molar-refractivity contribution in [3.8, 4) is 5.69 Å². The molecule has 150 valence electrons. The van der Waals surface area contributed by atoms with Crippen LogP contribution in [0.3, 0.4) is 0 Å². The number of β-amino-alcohol motifs (C(OH)–C–C–N with tert-alkyl or cyclic N) is 1. The number of hydrogen-bond donors (Lipinski definition) is 2. The van der Waals surface area contributed by atoms with E-state index < -0.39 is 0 Å².